The molecule has 0 spiro atoms. The molecule has 126 valence electrons. The average molecular weight is 348 g/mol. The Morgan fingerprint density at radius 3 is 2.27 bits per heavy atom. The van der Waals surface area contributed by atoms with Crippen LogP contribution in [0.2, 0.25) is 0 Å². The van der Waals surface area contributed by atoms with Gasteiger partial charge in [-0.2, -0.15) is 0 Å². The Labute approximate surface area is 145 Å². The summed E-state index contributed by atoms with van der Waals surface area (Å²) in [7, 11) is 0. The van der Waals surface area contributed by atoms with Gasteiger partial charge in [-0.3, -0.25) is 9.69 Å². The standard InChI is InChI=1S/C16H25N3O.2ClH/c1-3-19(4-2)15(14-8-6-5-7-9-14)16(20)18-12-13-10-17-11-13;;/h5-9,13,15,17H,3-4,10-12H2,1-2H3,(H,18,20);2*1H. The largest absolute Gasteiger partial charge is 0.354 e. The zero-order chi connectivity index (χ0) is 14.4. The van der Waals surface area contributed by atoms with Gasteiger partial charge in [-0.15, -0.1) is 24.8 Å². The lowest BCUT2D eigenvalue weighted by atomic mass is 10.0. The number of halogens is 2. The number of carbonyl (C=O) groups excluding carboxylic acids is 1. The molecule has 1 atom stereocenters. The minimum atomic E-state index is -0.181. The highest BCUT2D eigenvalue weighted by molar-refractivity contribution is 5.85. The van der Waals surface area contributed by atoms with Gasteiger partial charge in [-0.25, -0.2) is 0 Å². The maximum Gasteiger partial charge on any atom is 0.241 e. The second-order valence-electron chi connectivity index (χ2n) is 5.30. The second kappa shape index (κ2) is 10.8. The lowest BCUT2D eigenvalue weighted by molar-refractivity contribution is -0.126. The van der Waals surface area contributed by atoms with Gasteiger partial charge in [0.05, 0.1) is 0 Å². The first-order valence-corrected chi connectivity index (χ1v) is 7.53. The van der Waals surface area contributed by atoms with Crippen molar-refractivity contribution in [3.63, 3.8) is 0 Å². The fourth-order valence-corrected chi connectivity index (χ4v) is 2.59. The SMILES string of the molecule is CCN(CC)C(C(=O)NCC1CNC1)c1ccccc1.Cl.Cl. The molecule has 2 N–H and O–H groups in total. The molecule has 0 saturated carbocycles. The third-order valence-corrected chi connectivity index (χ3v) is 3.97. The summed E-state index contributed by atoms with van der Waals surface area (Å²) in [4.78, 5) is 14.8. The summed E-state index contributed by atoms with van der Waals surface area (Å²) in [5, 5.41) is 6.34. The molecular weight excluding hydrogens is 321 g/mol. The Kier molecular flexibility index (Phi) is 10.4. The van der Waals surface area contributed by atoms with E-state index < -0.39 is 0 Å². The molecule has 0 radical (unpaired) electrons. The monoisotopic (exact) mass is 347 g/mol. The predicted molar refractivity (Wildman–Crippen MR) is 96.0 cm³/mol. The second-order valence-corrected chi connectivity index (χ2v) is 5.30. The van der Waals surface area contributed by atoms with Crippen molar-refractivity contribution in [1.29, 1.82) is 0 Å². The lowest BCUT2D eigenvalue weighted by Crippen LogP contribution is -2.50. The number of benzene rings is 1. The topological polar surface area (TPSA) is 44.4 Å². The minimum Gasteiger partial charge on any atom is -0.354 e. The first-order chi connectivity index (χ1) is 9.76. The Hall–Kier alpha value is -0.810. The van der Waals surface area contributed by atoms with Gasteiger partial charge in [-0.05, 0) is 18.7 Å². The summed E-state index contributed by atoms with van der Waals surface area (Å²) in [6.07, 6.45) is 0. The van der Waals surface area contributed by atoms with E-state index in [-0.39, 0.29) is 36.8 Å². The molecule has 1 aromatic carbocycles. The van der Waals surface area contributed by atoms with E-state index in [1.165, 1.54) is 0 Å². The van der Waals surface area contributed by atoms with E-state index >= 15 is 0 Å². The van der Waals surface area contributed by atoms with Crippen LogP contribution in [0.5, 0.6) is 0 Å². The molecule has 1 aliphatic heterocycles. The highest BCUT2D eigenvalue weighted by Gasteiger charge is 2.26. The fraction of sp³-hybridized carbons (Fsp3) is 0.562. The Bertz CT molecular complexity index is 423. The quantitative estimate of drug-likeness (QED) is 0.794. The summed E-state index contributed by atoms with van der Waals surface area (Å²) in [6, 6.07) is 9.87. The zero-order valence-corrected chi connectivity index (χ0v) is 14.9. The van der Waals surface area contributed by atoms with Crippen LogP contribution in [-0.2, 0) is 4.79 Å². The number of nitrogens with one attached hydrogen (secondary N) is 2. The van der Waals surface area contributed by atoms with Crippen molar-refractivity contribution in [2.24, 2.45) is 5.92 Å². The van der Waals surface area contributed by atoms with E-state index in [0.29, 0.717) is 5.92 Å². The van der Waals surface area contributed by atoms with E-state index in [9.17, 15) is 4.79 Å². The van der Waals surface area contributed by atoms with E-state index in [1.807, 2.05) is 30.3 Å². The number of hydrogen-bond donors (Lipinski definition) is 2. The summed E-state index contributed by atoms with van der Waals surface area (Å²) in [5.41, 5.74) is 1.07. The maximum atomic E-state index is 12.6. The van der Waals surface area contributed by atoms with Crippen molar-refractivity contribution >= 4 is 30.7 Å². The van der Waals surface area contributed by atoms with E-state index in [1.54, 1.807) is 0 Å². The summed E-state index contributed by atoms with van der Waals surface area (Å²) < 4.78 is 0. The third-order valence-electron chi connectivity index (χ3n) is 3.97. The Morgan fingerprint density at radius 2 is 1.82 bits per heavy atom. The Morgan fingerprint density at radius 1 is 1.23 bits per heavy atom. The highest BCUT2D eigenvalue weighted by Crippen LogP contribution is 2.20. The van der Waals surface area contributed by atoms with Crippen LogP contribution in [0.15, 0.2) is 30.3 Å². The van der Waals surface area contributed by atoms with Crippen LogP contribution in [0.25, 0.3) is 0 Å². The summed E-state index contributed by atoms with van der Waals surface area (Å²) in [6.45, 7) is 8.74. The van der Waals surface area contributed by atoms with Crippen molar-refractivity contribution in [2.75, 3.05) is 32.7 Å². The molecule has 4 nitrogen and oxygen atoms in total. The van der Waals surface area contributed by atoms with Crippen LogP contribution in [0.1, 0.15) is 25.5 Å². The number of nitrogens with zero attached hydrogens (tertiary/aromatic N) is 1. The number of carbonyl (C=O) groups is 1. The summed E-state index contributed by atoms with van der Waals surface area (Å²) in [5.74, 6) is 0.707. The van der Waals surface area contributed by atoms with Gasteiger partial charge < -0.3 is 10.6 Å². The van der Waals surface area contributed by atoms with Gasteiger partial charge in [0, 0.05) is 25.6 Å². The molecule has 1 fully saturated rings. The zero-order valence-electron chi connectivity index (χ0n) is 13.2. The average Bonchev–Trinajstić information content (AvgIpc) is 2.43. The van der Waals surface area contributed by atoms with Crippen LogP contribution >= 0.6 is 24.8 Å². The molecule has 1 aromatic rings. The smallest absolute Gasteiger partial charge is 0.241 e. The highest BCUT2D eigenvalue weighted by atomic mass is 35.5. The van der Waals surface area contributed by atoms with Crippen LogP contribution < -0.4 is 10.6 Å². The molecule has 0 aromatic heterocycles. The number of amides is 1. The van der Waals surface area contributed by atoms with Gasteiger partial charge >= 0.3 is 0 Å². The Balaban J connectivity index is 0.00000220. The molecule has 0 aliphatic carbocycles. The third kappa shape index (κ3) is 5.43. The van der Waals surface area contributed by atoms with Crippen molar-refractivity contribution < 1.29 is 4.79 Å². The maximum absolute atomic E-state index is 12.6. The van der Waals surface area contributed by atoms with Crippen molar-refractivity contribution in [3.8, 4) is 0 Å². The van der Waals surface area contributed by atoms with E-state index in [0.717, 1.165) is 38.3 Å². The number of hydrogen-bond acceptors (Lipinski definition) is 3. The molecule has 1 aliphatic rings. The molecule has 22 heavy (non-hydrogen) atoms. The van der Waals surface area contributed by atoms with Crippen molar-refractivity contribution in [3.05, 3.63) is 35.9 Å². The molecule has 6 heteroatoms. The first-order valence-electron chi connectivity index (χ1n) is 7.53. The van der Waals surface area contributed by atoms with Crippen LogP contribution in [0.3, 0.4) is 0 Å². The van der Waals surface area contributed by atoms with Crippen LogP contribution in [0.4, 0.5) is 0 Å². The molecule has 1 amide bonds. The number of likely N-dealkylation sites (N-methyl/N-ethyl adjacent to an activating group) is 1. The van der Waals surface area contributed by atoms with Gasteiger partial charge in [0.15, 0.2) is 0 Å². The van der Waals surface area contributed by atoms with Gasteiger partial charge in [0.2, 0.25) is 5.91 Å². The van der Waals surface area contributed by atoms with E-state index in [4.69, 9.17) is 0 Å². The van der Waals surface area contributed by atoms with Crippen molar-refractivity contribution in [2.45, 2.75) is 19.9 Å². The molecule has 1 heterocycles. The lowest BCUT2D eigenvalue weighted by Gasteiger charge is -2.31. The predicted octanol–water partition coefficient (Wildman–Crippen LogP) is 2.25. The molecule has 2 rings (SSSR count). The molecule has 1 unspecified atom stereocenters. The van der Waals surface area contributed by atoms with Gasteiger partial charge in [0.25, 0.3) is 0 Å². The van der Waals surface area contributed by atoms with Crippen LogP contribution in [0, 0.1) is 5.92 Å². The minimum absolute atomic E-state index is 0. The summed E-state index contributed by atoms with van der Waals surface area (Å²) >= 11 is 0. The van der Waals surface area contributed by atoms with Crippen LogP contribution in [-0.4, -0.2) is 43.5 Å². The first kappa shape index (κ1) is 21.2. The van der Waals surface area contributed by atoms with Gasteiger partial charge in [-0.1, -0.05) is 44.2 Å². The molecule has 1 saturated heterocycles. The van der Waals surface area contributed by atoms with Gasteiger partial charge in [0.1, 0.15) is 6.04 Å². The molecular formula is C16H27Cl2N3O. The fourth-order valence-electron chi connectivity index (χ4n) is 2.59. The van der Waals surface area contributed by atoms with Crippen molar-refractivity contribution in [1.82, 2.24) is 15.5 Å². The van der Waals surface area contributed by atoms with E-state index in [2.05, 4.69) is 29.4 Å². The normalized spacial score (nSPS) is 15.2. The molecule has 0 bridgehead atoms. The number of rotatable bonds is 7.